The van der Waals surface area contributed by atoms with E-state index in [4.69, 9.17) is 4.74 Å². The maximum absolute atomic E-state index is 5.15. The Morgan fingerprint density at radius 1 is 0.639 bits per heavy atom. The number of benzene rings is 5. The molecule has 0 unspecified atom stereocenters. The molecule has 36 heavy (non-hydrogen) atoms. The molecule has 0 bridgehead atoms. The van der Waals surface area contributed by atoms with E-state index in [0.29, 0.717) is 0 Å². The zero-order chi connectivity index (χ0) is 25.1. The van der Waals surface area contributed by atoms with Gasteiger partial charge in [-0.05, 0) is 83.3 Å². The zero-order valence-corrected chi connectivity index (χ0v) is 21.4. The number of nitrogens with zero attached hydrogens (tertiary/aromatic N) is 1. The minimum absolute atomic E-state index is 0.878. The molecule has 5 aromatic carbocycles. The first-order chi connectivity index (χ1) is 17.6. The molecular weight excluding hydrogens is 438 g/mol. The van der Waals surface area contributed by atoms with Gasteiger partial charge in [-0.2, -0.15) is 0 Å². The van der Waals surface area contributed by atoms with E-state index in [9.17, 15) is 0 Å². The molecule has 0 aliphatic carbocycles. The number of pyridine rings is 1. The highest BCUT2D eigenvalue weighted by Crippen LogP contribution is 2.37. The lowest BCUT2D eigenvalue weighted by Crippen LogP contribution is -1.88. The minimum atomic E-state index is 0.878. The fourth-order valence-corrected chi connectivity index (χ4v) is 4.76. The van der Waals surface area contributed by atoms with E-state index >= 15 is 0 Å². The van der Waals surface area contributed by atoms with Gasteiger partial charge in [0.25, 0.3) is 0 Å². The van der Waals surface area contributed by atoms with Gasteiger partial charge in [0.15, 0.2) is 0 Å². The van der Waals surface area contributed by atoms with Crippen molar-refractivity contribution in [2.45, 2.75) is 27.2 Å². The van der Waals surface area contributed by atoms with Crippen LogP contribution < -0.4 is 4.74 Å². The molecule has 2 nitrogen and oxygen atoms in total. The van der Waals surface area contributed by atoms with E-state index in [-0.39, 0.29) is 0 Å². The molecule has 2 heteroatoms. The molecule has 0 amide bonds. The van der Waals surface area contributed by atoms with Crippen LogP contribution in [0, 0.1) is 13.8 Å². The highest BCUT2D eigenvalue weighted by atomic mass is 16.5. The van der Waals surface area contributed by atoms with Crippen LogP contribution in [0.15, 0.2) is 103 Å². The predicted molar refractivity (Wildman–Crippen MR) is 154 cm³/mol. The summed E-state index contributed by atoms with van der Waals surface area (Å²) in [7, 11) is 1.68. The number of hydrogen-bond donors (Lipinski definition) is 0. The first kappa shape index (κ1) is 23.6. The van der Waals surface area contributed by atoms with Crippen LogP contribution >= 0.6 is 0 Å². The van der Waals surface area contributed by atoms with Gasteiger partial charge in [0.2, 0.25) is 0 Å². The topological polar surface area (TPSA) is 22.1 Å². The van der Waals surface area contributed by atoms with Crippen LogP contribution in [0.3, 0.4) is 0 Å². The largest absolute Gasteiger partial charge is 0.497 e. The Labute approximate surface area is 213 Å². The van der Waals surface area contributed by atoms with Crippen LogP contribution in [-0.4, -0.2) is 12.1 Å². The molecule has 0 saturated heterocycles. The highest BCUT2D eigenvalue weighted by molar-refractivity contribution is 6.12. The van der Waals surface area contributed by atoms with E-state index in [2.05, 4.69) is 111 Å². The van der Waals surface area contributed by atoms with E-state index in [1.165, 1.54) is 43.8 Å². The summed E-state index contributed by atoms with van der Waals surface area (Å²) in [6.45, 7) is 6.42. The molecule has 1 heterocycles. The van der Waals surface area contributed by atoms with Crippen molar-refractivity contribution in [2.75, 3.05) is 7.11 Å². The summed E-state index contributed by atoms with van der Waals surface area (Å²) in [5, 5.41) is 6.41. The van der Waals surface area contributed by atoms with Gasteiger partial charge in [0.1, 0.15) is 5.75 Å². The number of fused-ring (bicyclic) bond motifs is 3. The Kier molecular flexibility index (Phi) is 6.69. The average Bonchev–Trinajstić information content (AvgIpc) is 2.91. The molecule has 0 aliphatic rings. The van der Waals surface area contributed by atoms with Gasteiger partial charge in [-0.3, -0.25) is 4.98 Å². The number of hydrogen-bond acceptors (Lipinski definition) is 2. The molecule has 178 valence electrons. The maximum atomic E-state index is 5.15. The molecule has 6 rings (SSSR count). The number of aryl methyl sites for hydroxylation is 3. The lowest BCUT2D eigenvalue weighted by atomic mass is 9.91. The molecule has 0 fully saturated rings. The molecule has 0 radical (unpaired) electrons. The lowest BCUT2D eigenvalue weighted by molar-refractivity contribution is 0.415. The third-order valence-electron chi connectivity index (χ3n) is 6.64. The smallest absolute Gasteiger partial charge is 0.119 e. The van der Waals surface area contributed by atoms with Gasteiger partial charge in [0, 0.05) is 11.1 Å². The number of ether oxygens (including phenoxy) is 1. The summed E-state index contributed by atoms with van der Waals surface area (Å²) in [5.41, 5.74) is 7.39. The summed E-state index contributed by atoms with van der Waals surface area (Å²) >= 11 is 0. The maximum Gasteiger partial charge on any atom is 0.119 e. The van der Waals surface area contributed by atoms with E-state index in [0.717, 1.165) is 28.8 Å². The summed E-state index contributed by atoms with van der Waals surface area (Å²) in [4.78, 5) is 4.51. The first-order valence-corrected chi connectivity index (χ1v) is 12.5. The van der Waals surface area contributed by atoms with Crippen LogP contribution in [0.25, 0.3) is 43.6 Å². The van der Waals surface area contributed by atoms with Crippen LogP contribution in [0.2, 0.25) is 0 Å². The van der Waals surface area contributed by atoms with Crippen molar-refractivity contribution in [3.8, 4) is 16.9 Å². The highest BCUT2D eigenvalue weighted by Gasteiger charge is 2.10. The van der Waals surface area contributed by atoms with Crippen LogP contribution in [-0.2, 0) is 6.42 Å². The SMILES string of the molecule is CCc1ccc2cc(OC)ccc2n1.Cc1ccc2c(-c3ccccc3)c3ccc(C)cc3cc2c1. The van der Waals surface area contributed by atoms with E-state index < -0.39 is 0 Å². The molecular formula is C34H31NO. The summed E-state index contributed by atoms with van der Waals surface area (Å²) < 4.78 is 5.15. The second-order valence-corrected chi connectivity index (χ2v) is 9.28. The predicted octanol–water partition coefficient (Wildman–Crippen LogP) is 9.08. The molecule has 0 atom stereocenters. The standard InChI is InChI=1S/C22H18.C12H13NO/c1-15-8-10-20-18(12-15)14-19-13-16(2)9-11-21(19)22(20)17-6-4-3-5-7-17;1-3-10-5-4-9-8-11(14-2)6-7-12(9)13-10/h3-14H,1-2H3;4-8H,3H2,1-2H3. The molecule has 1 aromatic heterocycles. The van der Waals surface area contributed by atoms with Gasteiger partial charge >= 0.3 is 0 Å². The Hall–Kier alpha value is -4.17. The number of methoxy groups -OCH3 is 1. The number of aromatic nitrogens is 1. The minimum Gasteiger partial charge on any atom is -0.497 e. The van der Waals surface area contributed by atoms with Crippen molar-refractivity contribution in [1.82, 2.24) is 4.98 Å². The molecule has 0 aliphatic heterocycles. The van der Waals surface area contributed by atoms with Crippen LogP contribution in [0.5, 0.6) is 5.75 Å². The quantitative estimate of drug-likeness (QED) is 0.241. The Morgan fingerprint density at radius 2 is 1.31 bits per heavy atom. The van der Waals surface area contributed by atoms with Crippen molar-refractivity contribution >= 4 is 32.4 Å². The Morgan fingerprint density at radius 3 is 1.92 bits per heavy atom. The van der Waals surface area contributed by atoms with Gasteiger partial charge in [-0.15, -0.1) is 0 Å². The van der Waals surface area contributed by atoms with E-state index in [1.54, 1.807) is 7.11 Å². The van der Waals surface area contributed by atoms with Crippen molar-refractivity contribution in [3.05, 3.63) is 120 Å². The molecule has 0 saturated carbocycles. The first-order valence-electron chi connectivity index (χ1n) is 12.5. The van der Waals surface area contributed by atoms with Crippen LogP contribution in [0.4, 0.5) is 0 Å². The summed E-state index contributed by atoms with van der Waals surface area (Å²) in [6, 6.07) is 36.6. The van der Waals surface area contributed by atoms with Gasteiger partial charge in [-0.1, -0.05) is 90.8 Å². The lowest BCUT2D eigenvalue weighted by Gasteiger charge is -2.13. The summed E-state index contributed by atoms with van der Waals surface area (Å²) in [6.07, 6.45) is 0.974. The van der Waals surface area contributed by atoms with Gasteiger partial charge < -0.3 is 4.74 Å². The van der Waals surface area contributed by atoms with Gasteiger partial charge in [-0.25, -0.2) is 0 Å². The Balaban J connectivity index is 0.000000165. The second kappa shape index (κ2) is 10.2. The second-order valence-electron chi connectivity index (χ2n) is 9.28. The van der Waals surface area contributed by atoms with Gasteiger partial charge in [0.05, 0.1) is 12.6 Å². The third kappa shape index (κ3) is 4.81. The normalized spacial score (nSPS) is 10.9. The fraction of sp³-hybridized carbons (Fsp3) is 0.147. The molecule has 0 N–H and O–H groups in total. The monoisotopic (exact) mass is 469 g/mol. The third-order valence-corrected chi connectivity index (χ3v) is 6.64. The molecule has 6 aromatic rings. The average molecular weight is 470 g/mol. The zero-order valence-electron chi connectivity index (χ0n) is 21.4. The molecule has 0 spiro atoms. The fourth-order valence-electron chi connectivity index (χ4n) is 4.76. The van der Waals surface area contributed by atoms with Crippen molar-refractivity contribution in [1.29, 1.82) is 0 Å². The summed E-state index contributed by atoms with van der Waals surface area (Å²) in [5.74, 6) is 0.878. The van der Waals surface area contributed by atoms with Crippen LogP contribution in [0.1, 0.15) is 23.7 Å². The Bertz CT molecular complexity index is 1570. The number of rotatable bonds is 3. The van der Waals surface area contributed by atoms with Crippen molar-refractivity contribution in [3.63, 3.8) is 0 Å². The van der Waals surface area contributed by atoms with E-state index in [1.807, 2.05) is 18.2 Å². The van der Waals surface area contributed by atoms with Crippen molar-refractivity contribution in [2.24, 2.45) is 0 Å². The van der Waals surface area contributed by atoms with Crippen molar-refractivity contribution < 1.29 is 4.74 Å².